The third-order valence-electron chi connectivity index (χ3n) is 2.69. The van der Waals surface area contributed by atoms with Gasteiger partial charge in [0.05, 0.1) is 9.90 Å². The van der Waals surface area contributed by atoms with Crippen molar-refractivity contribution < 1.29 is 18.3 Å². The summed E-state index contributed by atoms with van der Waals surface area (Å²) in [6.45, 7) is -0.262. The molecule has 5 nitrogen and oxygen atoms in total. The van der Waals surface area contributed by atoms with Crippen LogP contribution in [0.15, 0.2) is 40.1 Å². The number of hydrogen-bond donors (Lipinski definition) is 0. The minimum absolute atomic E-state index is 0.0187. The Kier molecular flexibility index (Phi) is 4.17. The number of carbonyl (C=O) groups is 1. The molecule has 0 aliphatic heterocycles. The molecule has 0 aliphatic carbocycles. The first-order chi connectivity index (χ1) is 10.6. The summed E-state index contributed by atoms with van der Waals surface area (Å²) in [6.07, 6.45) is 0. The second-order valence-corrected chi connectivity index (χ2v) is 5.51. The third kappa shape index (κ3) is 3.00. The van der Waals surface area contributed by atoms with Crippen LogP contribution >= 0.6 is 22.9 Å². The Morgan fingerprint density at radius 3 is 2.91 bits per heavy atom. The van der Waals surface area contributed by atoms with E-state index in [9.17, 15) is 9.18 Å². The minimum atomic E-state index is -0.890. The van der Waals surface area contributed by atoms with Crippen LogP contribution in [0.5, 0.6) is 0 Å². The van der Waals surface area contributed by atoms with Gasteiger partial charge < -0.3 is 9.15 Å². The van der Waals surface area contributed by atoms with E-state index in [4.69, 9.17) is 20.8 Å². The highest BCUT2D eigenvalue weighted by Crippen LogP contribution is 2.24. The van der Waals surface area contributed by atoms with E-state index in [-0.39, 0.29) is 23.1 Å². The maximum atomic E-state index is 13.6. The summed E-state index contributed by atoms with van der Waals surface area (Å²) >= 11 is 7.23. The van der Waals surface area contributed by atoms with Gasteiger partial charge in [0.25, 0.3) is 11.8 Å². The molecule has 0 amide bonds. The van der Waals surface area contributed by atoms with Crippen molar-refractivity contribution in [2.75, 3.05) is 0 Å². The van der Waals surface area contributed by atoms with Gasteiger partial charge in [-0.1, -0.05) is 23.7 Å². The van der Waals surface area contributed by atoms with E-state index < -0.39 is 11.8 Å². The van der Waals surface area contributed by atoms with Crippen molar-refractivity contribution in [3.63, 3.8) is 0 Å². The van der Waals surface area contributed by atoms with Crippen LogP contribution in [0, 0.1) is 5.82 Å². The van der Waals surface area contributed by atoms with Gasteiger partial charge in [-0.2, -0.15) is 0 Å². The van der Waals surface area contributed by atoms with Gasteiger partial charge in [0, 0.05) is 0 Å². The fourth-order valence-electron chi connectivity index (χ4n) is 1.70. The Morgan fingerprint density at radius 2 is 2.18 bits per heavy atom. The molecule has 0 bridgehead atoms. The van der Waals surface area contributed by atoms with Crippen LogP contribution in [0.1, 0.15) is 16.2 Å². The van der Waals surface area contributed by atoms with Crippen molar-refractivity contribution in [1.29, 1.82) is 0 Å². The van der Waals surface area contributed by atoms with E-state index in [1.807, 2.05) is 17.5 Å². The molecule has 0 spiro atoms. The van der Waals surface area contributed by atoms with Crippen LogP contribution in [0.2, 0.25) is 5.02 Å². The summed E-state index contributed by atoms with van der Waals surface area (Å²) in [6, 6.07) is 7.61. The molecule has 0 saturated heterocycles. The van der Waals surface area contributed by atoms with E-state index in [0.717, 1.165) is 10.9 Å². The van der Waals surface area contributed by atoms with Crippen LogP contribution in [0.3, 0.4) is 0 Å². The van der Waals surface area contributed by atoms with Gasteiger partial charge in [-0.25, -0.2) is 9.18 Å². The lowest BCUT2D eigenvalue weighted by molar-refractivity contribution is 0.0433. The van der Waals surface area contributed by atoms with Gasteiger partial charge in [0.15, 0.2) is 6.61 Å². The van der Waals surface area contributed by atoms with E-state index >= 15 is 0 Å². The second kappa shape index (κ2) is 6.25. The number of carbonyl (C=O) groups excluding carboxylic acids is 1. The predicted octanol–water partition coefficient (Wildman–Crippen LogP) is 3.95. The van der Waals surface area contributed by atoms with Crippen molar-refractivity contribution in [1.82, 2.24) is 10.2 Å². The number of ether oxygens (including phenoxy) is 1. The highest BCUT2D eigenvalue weighted by atomic mass is 35.5. The maximum Gasteiger partial charge on any atom is 0.343 e. The Balaban J connectivity index is 1.69. The first-order valence-corrected chi connectivity index (χ1v) is 7.38. The van der Waals surface area contributed by atoms with Crippen LogP contribution in [0.4, 0.5) is 4.39 Å². The quantitative estimate of drug-likeness (QED) is 0.674. The number of rotatable bonds is 4. The monoisotopic (exact) mass is 338 g/mol. The molecule has 8 heteroatoms. The minimum Gasteiger partial charge on any atom is -0.452 e. The average molecular weight is 339 g/mol. The molecule has 0 atom stereocenters. The zero-order valence-electron chi connectivity index (χ0n) is 11.0. The number of aromatic nitrogens is 2. The van der Waals surface area contributed by atoms with Crippen molar-refractivity contribution in [2.45, 2.75) is 6.61 Å². The molecule has 2 aromatic heterocycles. The number of esters is 1. The summed E-state index contributed by atoms with van der Waals surface area (Å²) in [5, 5.41) is 9.47. The van der Waals surface area contributed by atoms with E-state index in [0.29, 0.717) is 5.89 Å². The molecule has 0 fully saturated rings. The summed E-state index contributed by atoms with van der Waals surface area (Å²) in [7, 11) is 0. The Morgan fingerprint density at radius 1 is 1.32 bits per heavy atom. The molecule has 0 saturated carbocycles. The van der Waals surface area contributed by atoms with E-state index in [1.165, 1.54) is 23.5 Å². The molecule has 2 heterocycles. The molecule has 22 heavy (non-hydrogen) atoms. The summed E-state index contributed by atoms with van der Waals surface area (Å²) in [5.41, 5.74) is -0.317. The fourth-order valence-corrected chi connectivity index (χ4v) is 2.59. The van der Waals surface area contributed by atoms with Crippen molar-refractivity contribution >= 4 is 28.9 Å². The summed E-state index contributed by atoms with van der Waals surface area (Å²) < 4.78 is 23.9. The molecule has 0 radical (unpaired) electrons. The van der Waals surface area contributed by atoms with Gasteiger partial charge in [-0.3, -0.25) is 0 Å². The fraction of sp³-hybridized carbons (Fsp3) is 0.0714. The average Bonchev–Trinajstić information content (AvgIpc) is 3.16. The molecule has 1 aromatic carbocycles. The number of thiophene rings is 1. The SMILES string of the molecule is O=C(OCc1nnc(-c2cccs2)o1)c1c(F)cccc1Cl. The number of benzene rings is 1. The van der Waals surface area contributed by atoms with Gasteiger partial charge in [-0.05, 0) is 23.6 Å². The molecule has 0 aliphatic rings. The highest BCUT2D eigenvalue weighted by molar-refractivity contribution is 7.13. The molecular formula is C14H8ClFN2O3S. The zero-order valence-corrected chi connectivity index (χ0v) is 12.5. The molecular weight excluding hydrogens is 331 g/mol. The maximum absolute atomic E-state index is 13.6. The van der Waals surface area contributed by atoms with Crippen molar-refractivity contribution in [2.24, 2.45) is 0 Å². The Bertz CT molecular complexity index is 784. The molecule has 0 N–H and O–H groups in total. The van der Waals surface area contributed by atoms with Crippen molar-refractivity contribution in [3.05, 3.63) is 58.0 Å². The summed E-state index contributed by atoms with van der Waals surface area (Å²) in [5.74, 6) is -1.18. The van der Waals surface area contributed by atoms with Crippen LogP contribution in [-0.2, 0) is 11.3 Å². The number of nitrogens with zero attached hydrogens (tertiary/aromatic N) is 2. The largest absolute Gasteiger partial charge is 0.452 e. The smallest absolute Gasteiger partial charge is 0.343 e. The number of hydrogen-bond acceptors (Lipinski definition) is 6. The molecule has 112 valence electrons. The lowest BCUT2D eigenvalue weighted by Gasteiger charge is -2.04. The van der Waals surface area contributed by atoms with Crippen LogP contribution in [0.25, 0.3) is 10.8 Å². The zero-order chi connectivity index (χ0) is 15.5. The van der Waals surface area contributed by atoms with Gasteiger partial charge >= 0.3 is 5.97 Å². The first-order valence-electron chi connectivity index (χ1n) is 6.12. The third-order valence-corrected chi connectivity index (χ3v) is 3.87. The molecule has 3 rings (SSSR count). The topological polar surface area (TPSA) is 65.2 Å². The van der Waals surface area contributed by atoms with Crippen LogP contribution < -0.4 is 0 Å². The molecule has 0 unspecified atom stereocenters. The van der Waals surface area contributed by atoms with Crippen LogP contribution in [-0.4, -0.2) is 16.2 Å². The Labute approximate surface area is 133 Å². The lowest BCUT2D eigenvalue weighted by atomic mass is 10.2. The van der Waals surface area contributed by atoms with E-state index in [2.05, 4.69) is 10.2 Å². The summed E-state index contributed by atoms with van der Waals surface area (Å²) in [4.78, 5) is 12.7. The predicted molar refractivity (Wildman–Crippen MR) is 78.1 cm³/mol. The second-order valence-electron chi connectivity index (χ2n) is 4.15. The van der Waals surface area contributed by atoms with Gasteiger partial charge in [0.1, 0.15) is 11.4 Å². The Hall–Kier alpha value is -2.25. The van der Waals surface area contributed by atoms with Gasteiger partial charge in [0.2, 0.25) is 0 Å². The lowest BCUT2D eigenvalue weighted by Crippen LogP contribution is -2.08. The first kappa shape index (κ1) is 14.7. The normalized spacial score (nSPS) is 10.6. The van der Waals surface area contributed by atoms with Gasteiger partial charge in [-0.15, -0.1) is 21.5 Å². The molecule has 3 aromatic rings. The van der Waals surface area contributed by atoms with E-state index in [1.54, 1.807) is 0 Å². The highest BCUT2D eigenvalue weighted by Gasteiger charge is 2.18. The number of halogens is 2. The van der Waals surface area contributed by atoms with Crippen molar-refractivity contribution in [3.8, 4) is 10.8 Å². The standard InChI is InChI=1S/C14H8ClFN2O3S/c15-8-3-1-4-9(16)12(8)14(19)20-7-11-17-18-13(21-11)10-5-2-6-22-10/h1-6H,7H2.